The number of nitrogens with two attached hydrogens (primary N) is 1. The Kier molecular flexibility index (Phi) is 15.8. The molecule has 2 unspecified atom stereocenters. The van der Waals surface area contributed by atoms with E-state index in [1.807, 2.05) is 0 Å². The molecule has 2 amide bonds. The zero-order valence-electron chi connectivity index (χ0n) is 27.9. The highest BCUT2D eigenvalue weighted by Crippen LogP contribution is 2.56. The van der Waals surface area contributed by atoms with Crippen LogP contribution in [-0.2, 0) is 50.7 Å². The van der Waals surface area contributed by atoms with E-state index in [0.29, 0.717) is 5.75 Å². The van der Waals surface area contributed by atoms with Gasteiger partial charge < -0.3 is 69.0 Å². The van der Waals surface area contributed by atoms with Gasteiger partial charge in [0.15, 0.2) is 22.8 Å². The Labute approximate surface area is 305 Å². The lowest BCUT2D eigenvalue weighted by molar-refractivity contribution is -0.347. The Balaban J connectivity index is 1.52. The van der Waals surface area contributed by atoms with E-state index in [1.54, 1.807) is 0 Å². The van der Waals surface area contributed by atoms with E-state index < -0.39 is 84.6 Å². The minimum Gasteiger partial charge on any atom is -0.790 e. The maximum absolute atomic E-state index is 12.5. The van der Waals surface area contributed by atoms with Crippen LogP contribution < -0.4 is 35.9 Å². The van der Waals surface area contributed by atoms with Crippen molar-refractivity contribution in [2.45, 2.75) is 57.3 Å². The lowest BCUT2D eigenvalue weighted by Gasteiger charge is -2.36. The van der Waals surface area contributed by atoms with Crippen molar-refractivity contribution in [3.63, 3.8) is 0 Å². The normalized spacial score (nSPS) is 22.1. The number of carbonyl (C=O) groups excluding carboxylic acids is 3. The van der Waals surface area contributed by atoms with Crippen molar-refractivity contribution in [2.24, 2.45) is 5.41 Å². The molecule has 0 radical (unpaired) electrons. The van der Waals surface area contributed by atoms with Gasteiger partial charge in [-0.1, -0.05) is 31.7 Å². The molecule has 1 aliphatic rings. The summed E-state index contributed by atoms with van der Waals surface area (Å²) in [6.07, 6.45) is -5.95. The van der Waals surface area contributed by atoms with Crippen LogP contribution in [0.25, 0.3) is 11.2 Å². The Morgan fingerprint density at radius 2 is 1.81 bits per heavy atom. The first-order valence-electron chi connectivity index (χ1n) is 15.1. The number of amides is 2. The van der Waals surface area contributed by atoms with Crippen LogP contribution in [0.1, 0.15) is 32.9 Å². The molecule has 298 valence electrons. The van der Waals surface area contributed by atoms with Gasteiger partial charge in [0.25, 0.3) is 15.6 Å². The van der Waals surface area contributed by atoms with Crippen molar-refractivity contribution in [3.05, 3.63) is 25.3 Å². The number of carbonyl (C=O) groups is 3. The van der Waals surface area contributed by atoms with Gasteiger partial charge in [-0.05, 0) is 0 Å². The predicted molar refractivity (Wildman–Crippen MR) is 173 cm³/mol. The average Bonchev–Trinajstić information content (AvgIpc) is 3.61. The number of fused-ring (bicyclic) bond motifs is 1. The third kappa shape index (κ3) is 13.5. The van der Waals surface area contributed by atoms with Gasteiger partial charge in [-0.15, -0.1) is 6.58 Å². The number of rotatable bonds is 21. The van der Waals surface area contributed by atoms with Crippen LogP contribution in [0.15, 0.2) is 25.3 Å². The Morgan fingerprint density at radius 1 is 1.13 bits per heavy atom. The van der Waals surface area contributed by atoms with Crippen molar-refractivity contribution in [2.75, 3.05) is 37.8 Å². The molecule has 1 fully saturated rings. The lowest BCUT2D eigenvalue weighted by Crippen LogP contribution is -2.46. The molecule has 53 heavy (non-hydrogen) atoms. The number of nitrogens with one attached hydrogen (secondary N) is 2. The summed E-state index contributed by atoms with van der Waals surface area (Å²) in [6, 6.07) is 0. The molecular formula is C25H36N7O17P3S-4. The SMILES string of the molecule is C=CCC(=O)SCCNC(=O)CCNC(=O)[C@H](O)C(C)(C)COP(=O)([O-])OP(=O)([O-])OC[C@H]1O[C@@H](n2cnc3c(N)ncnc32)[C@H](O)[C@@H]1OP(=O)([O-])[O-]. The molecule has 0 bridgehead atoms. The van der Waals surface area contributed by atoms with E-state index in [-0.39, 0.29) is 48.0 Å². The molecule has 3 heterocycles. The number of phosphoric acid groups is 3. The van der Waals surface area contributed by atoms with E-state index in [4.69, 9.17) is 10.5 Å². The first-order valence-corrected chi connectivity index (χ1v) is 20.5. The summed E-state index contributed by atoms with van der Waals surface area (Å²) in [6.45, 7) is 3.52. The largest absolute Gasteiger partial charge is 0.790 e. The fourth-order valence-electron chi connectivity index (χ4n) is 4.45. The van der Waals surface area contributed by atoms with Gasteiger partial charge in [-0.2, -0.15) is 0 Å². The monoisotopic (exact) mass is 831 g/mol. The van der Waals surface area contributed by atoms with Gasteiger partial charge in [0, 0.05) is 37.1 Å². The Bertz CT molecular complexity index is 1780. The second-order valence-corrected chi connectivity index (χ2v) is 16.9. The molecule has 2 aromatic rings. The number of aromatic nitrogens is 4. The van der Waals surface area contributed by atoms with Crippen LogP contribution in [-0.4, -0.2) is 103 Å². The quantitative estimate of drug-likeness (QED) is 0.0467. The topological polar surface area (TPSA) is 375 Å². The van der Waals surface area contributed by atoms with Gasteiger partial charge in [-0.25, -0.2) is 19.3 Å². The fourth-order valence-corrected chi connectivity index (χ4v) is 7.85. The molecule has 7 atom stereocenters. The number of nitrogen functional groups attached to an aromatic ring is 1. The number of aliphatic hydroxyl groups excluding tert-OH is 2. The minimum atomic E-state index is -5.91. The van der Waals surface area contributed by atoms with E-state index in [1.165, 1.54) is 19.9 Å². The number of anilines is 1. The van der Waals surface area contributed by atoms with E-state index in [9.17, 15) is 57.9 Å². The van der Waals surface area contributed by atoms with E-state index >= 15 is 0 Å². The highest BCUT2D eigenvalue weighted by Gasteiger charge is 2.47. The molecule has 6 N–H and O–H groups in total. The van der Waals surface area contributed by atoms with Crippen molar-refractivity contribution in [1.29, 1.82) is 0 Å². The Hall–Kier alpha value is -2.70. The minimum absolute atomic E-state index is 0.0224. The summed E-state index contributed by atoms with van der Waals surface area (Å²) in [5.41, 5.74) is 4.06. The van der Waals surface area contributed by atoms with Gasteiger partial charge in [0.05, 0.1) is 27.4 Å². The third-order valence-electron chi connectivity index (χ3n) is 7.05. The molecule has 24 nitrogen and oxygen atoms in total. The summed E-state index contributed by atoms with van der Waals surface area (Å²) >= 11 is 1.01. The number of aliphatic hydroxyl groups is 2. The number of phosphoric ester groups is 3. The molecule has 1 saturated heterocycles. The zero-order valence-corrected chi connectivity index (χ0v) is 31.4. The van der Waals surface area contributed by atoms with Gasteiger partial charge in [-0.3, -0.25) is 28.1 Å². The number of thioether (sulfide) groups is 1. The van der Waals surface area contributed by atoms with Crippen LogP contribution in [0.5, 0.6) is 0 Å². The van der Waals surface area contributed by atoms with Crippen molar-refractivity contribution < 1.29 is 80.5 Å². The summed E-state index contributed by atoms with van der Waals surface area (Å²) in [7, 11) is -17.6. The molecule has 0 aromatic carbocycles. The van der Waals surface area contributed by atoms with Crippen LogP contribution in [0.2, 0.25) is 0 Å². The third-order valence-corrected chi connectivity index (χ3v) is 11.0. The number of hydrogen-bond acceptors (Lipinski definition) is 22. The number of nitrogens with zero attached hydrogens (tertiary/aromatic N) is 4. The molecule has 2 aromatic heterocycles. The number of hydrogen-bond donors (Lipinski definition) is 5. The summed E-state index contributed by atoms with van der Waals surface area (Å²) in [5.74, 6) is -1.24. The van der Waals surface area contributed by atoms with E-state index in [2.05, 4.69) is 50.0 Å². The summed E-state index contributed by atoms with van der Waals surface area (Å²) < 4.78 is 60.3. The Morgan fingerprint density at radius 3 is 2.47 bits per heavy atom. The molecule has 28 heteroatoms. The number of imidazole rings is 1. The van der Waals surface area contributed by atoms with Crippen molar-refractivity contribution in [3.8, 4) is 0 Å². The van der Waals surface area contributed by atoms with Crippen LogP contribution >= 0.6 is 35.2 Å². The van der Waals surface area contributed by atoms with Gasteiger partial charge in [0.2, 0.25) is 11.8 Å². The van der Waals surface area contributed by atoms with Crippen LogP contribution in [0, 0.1) is 5.41 Å². The van der Waals surface area contributed by atoms with Crippen molar-refractivity contribution >= 4 is 69.1 Å². The van der Waals surface area contributed by atoms with Gasteiger partial charge >= 0.3 is 0 Å². The highest BCUT2D eigenvalue weighted by atomic mass is 32.2. The molecule has 0 aliphatic carbocycles. The molecular weight excluding hydrogens is 795 g/mol. The predicted octanol–water partition coefficient (Wildman–Crippen LogP) is -3.29. The second-order valence-electron chi connectivity index (χ2n) is 11.7. The maximum Gasteiger partial charge on any atom is 0.274 e. The first kappa shape index (κ1) is 44.7. The summed E-state index contributed by atoms with van der Waals surface area (Å²) in [4.78, 5) is 95.1. The smallest absolute Gasteiger partial charge is 0.274 e. The molecule has 0 spiro atoms. The van der Waals surface area contributed by atoms with Crippen LogP contribution in [0.3, 0.4) is 0 Å². The highest BCUT2D eigenvalue weighted by molar-refractivity contribution is 8.13. The second kappa shape index (κ2) is 18.8. The van der Waals surface area contributed by atoms with Crippen LogP contribution in [0.4, 0.5) is 5.82 Å². The molecule has 1 aliphatic heterocycles. The maximum atomic E-state index is 12.5. The number of ether oxygens (including phenoxy) is 1. The van der Waals surface area contributed by atoms with Gasteiger partial charge in [0.1, 0.15) is 36.3 Å². The first-order chi connectivity index (χ1) is 24.6. The molecule has 3 rings (SSSR count). The molecule has 0 saturated carbocycles. The van der Waals surface area contributed by atoms with Crippen molar-refractivity contribution in [1.82, 2.24) is 30.2 Å². The standard InChI is InChI=1S/C25H40N7O17P3S/c1-4-5-16(34)53-9-8-27-15(33)6-7-28-23(37)20(36)25(2,3)11-46-52(43,44)49-51(41,42)45-10-14-19(48-50(38,39)40)18(35)24(47-14)32-13-31-17-21(26)29-12-30-22(17)32/h4,12-14,18-20,24,35-36H,1,5-11H2,2-3H3,(H,27,33)(H,28,37)(H,41,42)(H,43,44)(H2,26,29,30)(H2,38,39,40)/p-4/t14-,18-,19-,20+,24-/m1/s1. The average molecular weight is 832 g/mol. The number of allylic oxidation sites excluding steroid dienone is 1. The lowest BCUT2D eigenvalue weighted by atomic mass is 9.87. The summed E-state index contributed by atoms with van der Waals surface area (Å²) in [5, 5.41) is 25.9. The van der Waals surface area contributed by atoms with E-state index in [0.717, 1.165) is 29.0 Å². The fraction of sp³-hybridized carbons (Fsp3) is 0.600. The zero-order chi connectivity index (χ0) is 39.8.